The molecular weight excluding hydrogens is 1420 g/mol. The smallest absolute Gasteiger partial charge is 0.217 e. The molecule has 0 bridgehead atoms. The van der Waals surface area contributed by atoms with Crippen LogP contribution in [0.2, 0.25) is 0 Å². The van der Waals surface area contributed by atoms with Crippen molar-refractivity contribution in [1.29, 1.82) is 0 Å². The first-order chi connectivity index (χ1) is 49.1. The highest BCUT2D eigenvalue weighted by Crippen LogP contribution is 2.38. The van der Waals surface area contributed by atoms with Gasteiger partial charge in [0.25, 0.3) is 0 Å². The Labute approximate surface area is 589 Å². The predicted octanol–water partition coefficient (Wildman–Crippen LogP) is -17.7. The van der Waals surface area contributed by atoms with Crippen molar-refractivity contribution < 1.29 is 202 Å². The fourth-order valence-corrected chi connectivity index (χ4v) is 13.3. The SMILES string of the molecule is CC(=O)N[C@@H]1[C@@H](O[C@@H]2O[C@H](CO)[C@H](O)[C@H](O[C@@H]3O[C@H](CO)[C@@H](O[C@@H]4O[C@H](CO[C@@H]5O[C@H](CO)[C@@H](O)[C@H](O)[C@H]5NC(C)=O)[C@H](O)[C@H](O[C@@H]5O[C@H](CO)[C@@H](O)[C@H](O)[C@H]5NC(C)=O)[C@H]4O)[C@H](O)[C@H]3NC(C)=O)[C@H]2O)[C@@H](O)[C@@H](CO[C@@H]2O[C@H](CO)[C@@H](O[C@@H]3O[C@H](CO)[C@H](O)[C@H](O)[C@H]3O)[C@H](O)[C@H]2NC(C)=O)O[C@@H]1O. The summed E-state index contributed by atoms with van der Waals surface area (Å²) in [7, 11) is 0. The van der Waals surface area contributed by atoms with Crippen LogP contribution in [0, 0.1) is 0 Å². The normalized spacial score (nSPS) is 47.2. The molecule has 0 aromatic heterocycles. The molecule has 0 aromatic carbocycles. The van der Waals surface area contributed by atoms with Crippen molar-refractivity contribution in [3.63, 3.8) is 0 Å². The van der Waals surface area contributed by atoms with Crippen molar-refractivity contribution in [2.45, 2.75) is 280 Å². The molecule has 8 aliphatic heterocycles. The zero-order valence-corrected chi connectivity index (χ0v) is 56.3. The molecule has 5 amide bonds. The minimum Gasteiger partial charge on any atom is -0.394 e. The molecule has 8 aliphatic rings. The summed E-state index contributed by atoms with van der Waals surface area (Å²) in [4.78, 5) is 62.9. The second-order valence-electron chi connectivity index (χ2n) is 26.1. The number of hydrogen-bond donors (Lipinski definition) is 26. The molecule has 8 rings (SSSR count). The number of carbonyl (C=O) groups is 5. The minimum absolute atomic E-state index is 0.771. The summed E-state index contributed by atoms with van der Waals surface area (Å²) in [5.74, 6) is -4.25. The van der Waals surface area contributed by atoms with E-state index in [-0.39, 0.29) is 0 Å². The summed E-state index contributed by atoms with van der Waals surface area (Å²) in [6, 6.07) is -8.76. The number of rotatable bonds is 27. The average Bonchev–Trinajstić information content (AvgIpc) is 0.773. The lowest BCUT2D eigenvalue weighted by Crippen LogP contribution is -2.71. The third-order valence-electron chi connectivity index (χ3n) is 18.6. The quantitative estimate of drug-likeness (QED) is 0.0363. The highest BCUT2D eigenvalue weighted by atomic mass is 16.8. The van der Waals surface area contributed by atoms with Gasteiger partial charge in [-0.05, 0) is 0 Å². The summed E-state index contributed by atoms with van der Waals surface area (Å²) in [5.41, 5.74) is 0. The zero-order chi connectivity index (χ0) is 76.8. The molecule has 8 saturated heterocycles. The van der Waals surface area contributed by atoms with Crippen LogP contribution in [-0.4, -0.2) is 435 Å². The highest BCUT2D eigenvalue weighted by Gasteiger charge is 2.60. The van der Waals surface area contributed by atoms with E-state index in [0.29, 0.717) is 0 Å². The van der Waals surface area contributed by atoms with Crippen LogP contribution in [0.5, 0.6) is 0 Å². The Balaban J connectivity index is 1.02. The van der Waals surface area contributed by atoms with E-state index in [1.54, 1.807) is 0 Å². The van der Waals surface area contributed by atoms with Crippen molar-refractivity contribution >= 4 is 29.5 Å². The number of nitrogens with one attached hydrogen (secondary N) is 5. The Morgan fingerprint density at radius 3 is 0.913 bits per heavy atom. The van der Waals surface area contributed by atoms with Gasteiger partial charge in [0.15, 0.2) is 50.3 Å². The summed E-state index contributed by atoms with van der Waals surface area (Å²) in [6.07, 6.45) is -68.8. The van der Waals surface area contributed by atoms with Crippen LogP contribution in [0.25, 0.3) is 0 Å². The molecule has 8 heterocycles. The first kappa shape index (κ1) is 85.5. The third kappa shape index (κ3) is 19.4. The molecule has 8 fully saturated rings. The lowest BCUT2D eigenvalue weighted by Gasteiger charge is -2.51. The van der Waals surface area contributed by atoms with Gasteiger partial charge in [0.1, 0.15) is 195 Å². The van der Waals surface area contributed by atoms with Crippen LogP contribution in [0.1, 0.15) is 34.6 Å². The fourth-order valence-electron chi connectivity index (χ4n) is 13.3. The third-order valence-corrected chi connectivity index (χ3v) is 18.6. The molecule has 0 aliphatic carbocycles. The van der Waals surface area contributed by atoms with Crippen molar-refractivity contribution in [3.8, 4) is 0 Å². The van der Waals surface area contributed by atoms with Gasteiger partial charge in [-0.3, -0.25) is 24.0 Å². The van der Waals surface area contributed by atoms with E-state index in [4.69, 9.17) is 71.1 Å². The Hall–Kier alpha value is -4.09. The van der Waals surface area contributed by atoms with Crippen LogP contribution in [0.4, 0.5) is 0 Å². The number of amides is 5. The number of hydrogen-bond acceptors (Lipinski definition) is 41. The van der Waals surface area contributed by atoms with Gasteiger partial charge in [0, 0.05) is 34.6 Å². The standard InChI is InChI=1S/C58H97N5O41/c1-14(70)59-27-38(81)32(75)19(6-64)93-52(27)91-13-26-37(80)50(104-54-28(60-15(2)71)39(82)33(76)20(7-65)94-54)45(88)58(99-26)101-47-24(11-69)98-55(30(41(47)84)62-17(4)73)103-49-35(78)22(9-67)96-57(44(49)87)102-48-31(63-18(5)74)51(89)92-25(36(48)79)12-90-53-29(61-16(3)72)40(83)46(23(10-68)97-53)100-56-43(86)42(85)34(77)21(8-66)95-56/h19-58,64-69,75-89H,6-13H2,1-5H3,(H,59,70)(H,60,71)(H,61,72)(H,62,73)(H,63,74)/t19-,20-,21-,22-,23-,24-,25-,26-,27-,28-,29-,30-,31-,32-,33-,34+,35+,36+,37+,38-,39-,40-,41-,42+,43-,44-,45-,46-,47-,48-,49+,50+,51+,52-,53-,54+,55+,56+,57+,58+/m1/s1. The Bertz CT molecular complexity index is 2770. The van der Waals surface area contributed by atoms with Gasteiger partial charge in [-0.1, -0.05) is 0 Å². The molecule has 40 atom stereocenters. The topological polar surface area (TPSA) is 709 Å². The first-order valence-electron chi connectivity index (χ1n) is 33.1. The maximum Gasteiger partial charge on any atom is 0.217 e. The molecule has 46 heteroatoms. The minimum atomic E-state index is -2.36. The van der Waals surface area contributed by atoms with E-state index in [9.17, 15) is 131 Å². The monoisotopic (exact) mass is 1520 g/mol. The van der Waals surface area contributed by atoms with Crippen LogP contribution >= 0.6 is 0 Å². The van der Waals surface area contributed by atoms with Gasteiger partial charge in [-0.15, -0.1) is 0 Å². The maximum absolute atomic E-state index is 13.0. The lowest BCUT2D eigenvalue weighted by molar-refractivity contribution is -0.384. The fraction of sp³-hybridized carbons (Fsp3) is 0.914. The summed E-state index contributed by atoms with van der Waals surface area (Å²) in [5, 5.41) is 244. The van der Waals surface area contributed by atoms with Crippen molar-refractivity contribution in [3.05, 3.63) is 0 Å². The van der Waals surface area contributed by atoms with E-state index in [1.165, 1.54) is 0 Å². The van der Waals surface area contributed by atoms with E-state index in [0.717, 1.165) is 34.6 Å². The van der Waals surface area contributed by atoms with E-state index in [1.807, 2.05) is 0 Å². The van der Waals surface area contributed by atoms with Crippen molar-refractivity contribution in [1.82, 2.24) is 26.6 Å². The Kier molecular flexibility index (Phi) is 30.9. The van der Waals surface area contributed by atoms with E-state index < -0.39 is 328 Å². The molecule has 0 radical (unpaired) electrons. The van der Waals surface area contributed by atoms with Crippen LogP contribution in [-0.2, 0) is 95.0 Å². The highest BCUT2D eigenvalue weighted by molar-refractivity contribution is 5.75. The molecule has 0 saturated carbocycles. The molecule has 600 valence electrons. The summed E-state index contributed by atoms with van der Waals surface area (Å²) >= 11 is 0. The van der Waals surface area contributed by atoms with E-state index in [2.05, 4.69) is 26.6 Å². The Morgan fingerprint density at radius 2 is 0.510 bits per heavy atom. The van der Waals surface area contributed by atoms with E-state index >= 15 is 0 Å². The van der Waals surface area contributed by atoms with Crippen LogP contribution in [0.3, 0.4) is 0 Å². The van der Waals surface area contributed by atoms with Gasteiger partial charge < -0.3 is 205 Å². The van der Waals surface area contributed by atoms with Gasteiger partial charge in [-0.25, -0.2) is 0 Å². The van der Waals surface area contributed by atoms with Gasteiger partial charge in [0.05, 0.1) is 52.9 Å². The number of ether oxygens (including phenoxy) is 15. The second kappa shape index (κ2) is 37.5. The van der Waals surface area contributed by atoms with Gasteiger partial charge in [-0.2, -0.15) is 0 Å². The number of aliphatic hydroxyl groups is 21. The molecule has 104 heavy (non-hydrogen) atoms. The first-order valence-corrected chi connectivity index (χ1v) is 33.1. The maximum atomic E-state index is 13.0. The van der Waals surface area contributed by atoms with Crippen molar-refractivity contribution in [2.24, 2.45) is 0 Å². The molecule has 0 spiro atoms. The zero-order valence-electron chi connectivity index (χ0n) is 56.3. The number of aliphatic hydroxyl groups excluding tert-OH is 21. The predicted molar refractivity (Wildman–Crippen MR) is 322 cm³/mol. The van der Waals surface area contributed by atoms with Crippen molar-refractivity contribution in [2.75, 3.05) is 52.9 Å². The van der Waals surface area contributed by atoms with Gasteiger partial charge in [0.2, 0.25) is 29.5 Å². The molecular formula is C58H97N5O41. The van der Waals surface area contributed by atoms with Crippen LogP contribution in [0.15, 0.2) is 0 Å². The van der Waals surface area contributed by atoms with Crippen LogP contribution < -0.4 is 26.6 Å². The largest absolute Gasteiger partial charge is 0.394 e. The molecule has 0 unspecified atom stereocenters. The lowest BCUT2D eigenvalue weighted by atomic mass is 9.93. The number of carbonyl (C=O) groups excluding carboxylic acids is 5. The molecule has 0 aromatic rings. The molecule has 46 nitrogen and oxygen atoms in total. The second-order valence-corrected chi connectivity index (χ2v) is 26.1. The summed E-state index contributed by atoms with van der Waals surface area (Å²) in [6.45, 7) is -2.91. The average molecular weight is 1520 g/mol. The Morgan fingerprint density at radius 1 is 0.250 bits per heavy atom. The summed E-state index contributed by atoms with van der Waals surface area (Å²) < 4.78 is 87.9. The van der Waals surface area contributed by atoms with Gasteiger partial charge >= 0.3 is 0 Å². The molecule has 26 N–H and O–H groups in total.